The van der Waals surface area contributed by atoms with Gasteiger partial charge in [0.1, 0.15) is 5.78 Å². The zero-order chi connectivity index (χ0) is 14.5. The molecular weight excluding hydrogens is 210 g/mol. The van der Waals surface area contributed by atoms with E-state index in [0.717, 1.165) is 6.42 Å². The molecule has 0 radical (unpaired) electrons. The summed E-state index contributed by atoms with van der Waals surface area (Å²) in [4.78, 5) is 12.2. The van der Waals surface area contributed by atoms with Crippen molar-refractivity contribution in [2.45, 2.75) is 68.7 Å². The SMILES string of the molecule is CC.CC(C)(CN)CC(C)(C)C(=O)C(C)(C)C. The number of hydrogen-bond donors (Lipinski definition) is 1. The van der Waals surface area contributed by atoms with Crippen LogP contribution in [0.25, 0.3) is 0 Å². The predicted octanol–water partition coefficient (Wildman–Crippen LogP) is 4.03. The van der Waals surface area contributed by atoms with Gasteiger partial charge in [-0.3, -0.25) is 4.79 Å². The summed E-state index contributed by atoms with van der Waals surface area (Å²) in [5.41, 5.74) is 5.18. The number of rotatable bonds is 4. The van der Waals surface area contributed by atoms with Gasteiger partial charge in [-0.25, -0.2) is 0 Å². The first kappa shape index (κ1) is 19.0. The van der Waals surface area contributed by atoms with E-state index in [2.05, 4.69) is 13.8 Å². The molecule has 0 aromatic heterocycles. The van der Waals surface area contributed by atoms with Crippen molar-refractivity contribution in [3.63, 3.8) is 0 Å². The molecule has 0 saturated heterocycles. The maximum Gasteiger partial charge on any atom is 0.143 e. The fourth-order valence-electron chi connectivity index (χ4n) is 2.36. The molecule has 0 aromatic carbocycles. The third-order valence-corrected chi connectivity index (χ3v) is 2.77. The summed E-state index contributed by atoms with van der Waals surface area (Å²) in [5.74, 6) is 0.316. The fourth-order valence-corrected chi connectivity index (χ4v) is 2.36. The van der Waals surface area contributed by atoms with Crippen LogP contribution in [0, 0.1) is 16.2 Å². The lowest BCUT2D eigenvalue weighted by Crippen LogP contribution is -2.40. The van der Waals surface area contributed by atoms with Crippen molar-refractivity contribution in [1.82, 2.24) is 0 Å². The molecule has 2 heteroatoms. The Balaban J connectivity index is 0. The second-order valence-electron chi connectivity index (χ2n) is 7.01. The van der Waals surface area contributed by atoms with Crippen molar-refractivity contribution < 1.29 is 4.79 Å². The second-order valence-corrected chi connectivity index (χ2v) is 7.01. The van der Waals surface area contributed by atoms with Gasteiger partial charge in [-0.15, -0.1) is 0 Å². The van der Waals surface area contributed by atoms with Gasteiger partial charge in [0.25, 0.3) is 0 Å². The molecule has 0 heterocycles. The zero-order valence-electron chi connectivity index (χ0n) is 13.4. The highest BCUT2D eigenvalue weighted by molar-refractivity contribution is 5.88. The predicted molar refractivity (Wildman–Crippen MR) is 77.0 cm³/mol. The van der Waals surface area contributed by atoms with E-state index in [1.807, 2.05) is 48.5 Å². The normalized spacial score (nSPS) is 12.8. The lowest BCUT2D eigenvalue weighted by atomic mass is 9.67. The standard InChI is InChI=1S/C13H27NO.C2H6/c1-11(2,3)10(15)13(6,7)8-12(4,5)9-14;1-2/h8-9,14H2,1-7H3;1-2H3. The zero-order valence-corrected chi connectivity index (χ0v) is 13.4. The molecule has 0 fully saturated rings. The molecule has 0 bridgehead atoms. The maximum absolute atomic E-state index is 12.2. The molecule has 0 aliphatic rings. The average Bonchev–Trinajstić information content (AvgIpc) is 2.17. The summed E-state index contributed by atoms with van der Waals surface area (Å²) in [6.07, 6.45) is 0.840. The Morgan fingerprint density at radius 2 is 1.29 bits per heavy atom. The van der Waals surface area contributed by atoms with Gasteiger partial charge < -0.3 is 5.73 Å². The van der Waals surface area contributed by atoms with Gasteiger partial charge in [-0.2, -0.15) is 0 Å². The van der Waals surface area contributed by atoms with E-state index in [9.17, 15) is 4.79 Å². The molecule has 0 unspecified atom stereocenters. The van der Waals surface area contributed by atoms with Gasteiger partial charge in [0.15, 0.2) is 0 Å². The number of carbonyl (C=O) groups excluding carboxylic acids is 1. The van der Waals surface area contributed by atoms with E-state index in [1.54, 1.807) is 0 Å². The Morgan fingerprint density at radius 1 is 0.941 bits per heavy atom. The summed E-state index contributed by atoms with van der Waals surface area (Å²) in [6, 6.07) is 0. The van der Waals surface area contributed by atoms with Gasteiger partial charge in [0, 0.05) is 10.8 Å². The summed E-state index contributed by atoms with van der Waals surface area (Å²) < 4.78 is 0. The first-order valence-corrected chi connectivity index (χ1v) is 6.67. The van der Waals surface area contributed by atoms with Crippen molar-refractivity contribution in [3.05, 3.63) is 0 Å². The smallest absolute Gasteiger partial charge is 0.143 e. The number of ketones is 1. The van der Waals surface area contributed by atoms with Crippen LogP contribution in [0.15, 0.2) is 0 Å². The maximum atomic E-state index is 12.2. The van der Waals surface area contributed by atoms with Crippen LogP contribution < -0.4 is 5.73 Å². The lowest BCUT2D eigenvalue weighted by Gasteiger charge is -2.36. The number of nitrogens with two attached hydrogens (primary N) is 1. The van der Waals surface area contributed by atoms with Crippen LogP contribution in [-0.4, -0.2) is 12.3 Å². The third kappa shape index (κ3) is 6.82. The van der Waals surface area contributed by atoms with Crippen LogP contribution in [0.2, 0.25) is 0 Å². The molecule has 0 aliphatic heterocycles. The molecule has 0 spiro atoms. The van der Waals surface area contributed by atoms with Gasteiger partial charge in [-0.05, 0) is 18.4 Å². The molecule has 0 amide bonds. The highest BCUT2D eigenvalue weighted by Crippen LogP contribution is 2.38. The molecule has 0 atom stereocenters. The minimum atomic E-state index is -0.291. The van der Waals surface area contributed by atoms with E-state index in [-0.39, 0.29) is 16.2 Å². The topological polar surface area (TPSA) is 43.1 Å². The van der Waals surface area contributed by atoms with Crippen molar-refractivity contribution in [2.24, 2.45) is 22.0 Å². The van der Waals surface area contributed by atoms with Gasteiger partial charge in [0.2, 0.25) is 0 Å². The lowest BCUT2D eigenvalue weighted by molar-refractivity contribution is -0.136. The van der Waals surface area contributed by atoms with Gasteiger partial charge in [-0.1, -0.05) is 62.3 Å². The summed E-state index contributed by atoms with van der Waals surface area (Å²) in [5, 5.41) is 0. The quantitative estimate of drug-likeness (QED) is 0.810. The molecule has 0 aliphatic carbocycles. The number of hydrogen-bond acceptors (Lipinski definition) is 2. The van der Waals surface area contributed by atoms with E-state index in [1.165, 1.54) is 0 Å². The second kappa shape index (κ2) is 6.53. The van der Waals surface area contributed by atoms with Crippen LogP contribution in [0.1, 0.15) is 68.7 Å². The van der Waals surface area contributed by atoms with Crippen LogP contribution in [0.5, 0.6) is 0 Å². The monoisotopic (exact) mass is 243 g/mol. The van der Waals surface area contributed by atoms with Crippen molar-refractivity contribution in [2.75, 3.05) is 6.54 Å². The number of carbonyl (C=O) groups is 1. The van der Waals surface area contributed by atoms with Gasteiger partial charge in [0.05, 0.1) is 0 Å². The minimum Gasteiger partial charge on any atom is -0.330 e. The summed E-state index contributed by atoms with van der Waals surface area (Å²) >= 11 is 0. The number of Topliss-reactive ketones (excluding diaryl/α,β-unsaturated/α-hetero) is 1. The van der Waals surface area contributed by atoms with Crippen LogP contribution >= 0.6 is 0 Å². The molecule has 2 nitrogen and oxygen atoms in total. The molecular formula is C15H33NO. The van der Waals surface area contributed by atoms with Gasteiger partial charge >= 0.3 is 0 Å². The van der Waals surface area contributed by atoms with Crippen molar-refractivity contribution in [1.29, 1.82) is 0 Å². The van der Waals surface area contributed by atoms with Crippen LogP contribution in [-0.2, 0) is 4.79 Å². The van der Waals surface area contributed by atoms with E-state index >= 15 is 0 Å². The van der Waals surface area contributed by atoms with Crippen molar-refractivity contribution in [3.8, 4) is 0 Å². The first-order valence-electron chi connectivity index (χ1n) is 6.67. The highest BCUT2D eigenvalue weighted by atomic mass is 16.1. The van der Waals surface area contributed by atoms with Crippen LogP contribution in [0.4, 0.5) is 0 Å². The Hall–Kier alpha value is -0.370. The molecule has 0 saturated carbocycles. The minimum absolute atomic E-state index is 0.0322. The molecule has 2 N–H and O–H groups in total. The summed E-state index contributed by atoms with van der Waals surface area (Å²) in [7, 11) is 0. The molecule has 17 heavy (non-hydrogen) atoms. The van der Waals surface area contributed by atoms with E-state index in [4.69, 9.17) is 5.73 Å². The highest BCUT2D eigenvalue weighted by Gasteiger charge is 2.39. The largest absolute Gasteiger partial charge is 0.330 e. The summed E-state index contributed by atoms with van der Waals surface area (Å²) in [6.45, 7) is 18.8. The van der Waals surface area contributed by atoms with Crippen molar-refractivity contribution >= 4 is 5.78 Å². The molecule has 0 rings (SSSR count). The van der Waals surface area contributed by atoms with Crippen LogP contribution in [0.3, 0.4) is 0 Å². The molecule has 104 valence electrons. The average molecular weight is 243 g/mol. The Kier molecular flexibility index (Phi) is 7.29. The Labute approximate surface area is 108 Å². The van der Waals surface area contributed by atoms with E-state index < -0.39 is 0 Å². The molecule has 0 aromatic rings. The third-order valence-electron chi connectivity index (χ3n) is 2.77. The Morgan fingerprint density at radius 3 is 1.53 bits per heavy atom. The Bertz CT molecular complexity index is 234. The van der Waals surface area contributed by atoms with E-state index in [0.29, 0.717) is 12.3 Å². The fraction of sp³-hybridized carbons (Fsp3) is 0.933. The first-order chi connectivity index (χ1) is 7.42.